The van der Waals surface area contributed by atoms with Crippen LogP contribution in [0.3, 0.4) is 0 Å². The van der Waals surface area contributed by atoms with Gasteiger partial charge in [-0.2, -0.15) is 0 Å². The van der Waals surface area contributed by atoms with Gasteiger partial charge in [-0.25, -0.2) is 0 Å². The van der Waals surface area contributed by atoms with E-state index in [1.807, 2.05) is 65.7 Å². The molecule has 5 heteroatoms. The number of carbonyl (C=O) groups excluding carboxylic acids is 1. The third kappa shape index (κ3) is 6.02. The number of carbonyl (C=O) groups is 1. The molecule has 2 rings (SSSR count). The number of nitrogens with zero attached hydrogens (tertiary/aromatic N) is 1. The number of anilines is 2. The van der Waals surface area contributed by atoms with Crippen LogP contribution in [0.25, 0.3) is 0 Å². The molecule has 0 saturated heterocycles. The predicted molar refractivity (Wildman–Crippen MR) is 97.1 cm³/mol. The Bertz CT molecular complexity index is 562. The van der Waals surface area contributed by atoms with Crippen LogP contribution in [0.2, 0.25) is 0 Å². The first-order valence-corrected chi connectivity index (χ1v) is 8.47. The average Bonchev–Trinajstić information content (AvgIpc) is 2.60. The van der Waals surface area contributed by atoms with E-state index in [-0.39, 0.29) is 5.91 Å². The standard InChI is InChI=1S/C19H26N4O/c1-22(2)15-9-14-20-16-19(24)21-23(17-10-5-3-6-11-17)18-12-7-4-8-13-18/h3-8,10-13,20H,9,14-16H2,1-2H3,(H,21,24)/p+2. The molecular weight excluding hydrogens is 300 g/mol. The summed E-state index contributed by atoms with van der Waals surface area (Å²) < 4.78 is 0. The van der Waals surface area contributed by atoms with E-state index in [4.69, 9.17) is 0 Å². The van der Waals surface area contributed by atoms with Gasteiger partial charge in [-0.1, -0.05) is 36.4 Å². The molecular formula is C19H28N4O+2. The summed E-state index contributed by atoms with van der Waals surface area (Å²) in [6.45, 7) is 2.52. The zero-order valence-corrected chi connectivity index (χ0v) is 14.5. The number of amides is 1. The van der Waals surface area contributed by atoms with Gasteiger partial charge < -0.3 is 10.2 Å². The summed E-state index contributed by atoms with van der Waals surface area (Å²) in [6, 6.07) is 19.7. The Morgan fingerprint density at radius 2 is 1.54 bits per heavy atom. The molecule has 5 nitrogen and oxygen atoms in total. The number of quaternary nitrogens is 2. The molecule has 0 unspecified atom stereocenters. The van der Waals surface area contributed by atoms with Gasteiger partial charge in [0.25, 0.3) is 5.91 Å². The topological polar surface area (TPSA) is 53.4 Å². The molecule has 2 aromatic rings. The van der Waals surface area contributed by atoms with Crippen molar-refractivity contribution in [3.8, 4) is 0 Å². The molecule has 0 atom stereocenters. The van der Waals surface area contributed by atoms with Crippen LogP contribution in [0, 0.1) is 0 Å². The molecule has 24 heavy (non-hydrogen) atoms. The Kier molecular flexibility index (Phi) is 7.26. The summed E-state index contributed by atoms with van der Waals surface area (Å²) in [6.07, 6.45) is 1.11. The SMILES string of the molecule is C[NH+](C)CCC[NH2+]CC(=O)NN(c1ccccc1)c1ccccc1. The van der Waals surface area contributed by atoms with Crippen LogP contribution in [-0.2, 0) is 4.79 Å². The van der Waals surface area contributed by atoms with Crippen molar-refractivity contribution in [2.24, 2.45) is 0 Å². The van der Waals surface area contributed by atoms with Gasteiger partial charge in [-0.15, -0.1) is 0 Å². The fourth-order valence-electron chi connectivity index (χ4n) is 2.44. The number of hydrogen-bond acceptors (Lipinski definition) is 2. The first-order chi connectivity index (χ1) is 11.7. The molecule has 0 saturated carbocycles. The van der Waals surface area contributed by atoms with Crippen LogP contribution in [0.4, 0.5) is 11.4 Å². The smallest absolute Gasteiger partial charge is 0.293 e. The maximum absolute atomic E-state index is 12.3. The lowest BCUT2D eigenvalue weighted by Gasteiger charge is -2.25. The molecule has 2 aromatic carbocycles. The second-order valence-corrected chi connectivity index (χ2v) is 6.13. The Balaban J connectivity index is 1.93. The highest BCUT2D eigenvalue weighted by Crippen LogP contribution is 2.22. The molecule has 0 aliphatic rings. The molecule has 0 fully saturated rings. The lowest BCUT2D eigenvalue weighted by atomic mass is 10.2. The minimum Gasteiger partial charge on any atom is -0.340 e. The zero-order valence-electron chi connectivity index (χ0n) is 14.5. The molecule has 0 aromatic heterocycles. The summed E-state index contributed by atoms with van der Waals surface area (Å²) in [4.78, 5) is 13.7. The molecule has 0 heterocycles. The lowest BCUT2D eigenvalue weighted by molar-refractivity contribution is -0.860. The highest BCUT2D eigenvalue weighted by molar-refractivity contribution is 5.81. The quantitative estimate of drug-likeness (QED) is 0.447. The minimum atomic E-state index is -0.0000869. The van der Waals surface area contributed by atoms with E-state index >= 15 is 0 Å². The highest BCUT2D eigenvalue weighted by Gasteiger charge is 2.13. The first-order valence-electron chi connectivity index (χ1n) is 8.47. The van der Waals surface area contributed by atoms with Gasteiger partial charge in [0.15, 0.2) is 6.54 Å². The molecule has 0 bridgehead atoms. The Hall–Kier alpha value is -2.37. The Morgan fingerprint density at radius 1 is 1.00 bits per heavy atom. The van der Waals surface area contributed by atoms with Crippen molar-refractivity contribution in [3.05, 3.63) is 60.7 Å². The van der Waals surface area contributed by atoms with Crippen molar-refractivity contribution >= 4 is 17.3 Å². The highest BCUT2D eigenvalue weighted by atomic mass is 16.2. The largest absolute Gasteiger partial charge is 0.340 e. The van der Waals surface area contributed by atoms with Gasteiger partial charge >= 0.3 is 0 Å². The second-order valence-electron chi connectivity index (χ2n) is 6.13. The van der Waals surface area contributed by atoms with Crippen molar-refractivity contribution in [3.63, 3.8) is 0 Å². The van der Waals surface area contributed by atoms with E-state index in [0.717, 1.165) is 30.9 Å². The maximum Gasteiger partial charge on any atom is 0.293 e. The maximum atomic E-state index is 12.3. The summed E-state index contributed by atoms with van der Waals surface area (Å²) in [5.41, 5.74) is 4.88. The first kappa shape index (κ1) is 18.0. The molecule has 1 amide bonds. The molecule has 4 N–H and O–H groups in total. The number of hydrazine groups is 1. The van der Waals surface area contributed by atoms with E-state index in [0.29, 0.717) is 6.54 Å². The lowest BCUT2D eigenvalue weighted by Crippen LogP contribution is -3.06. The average molecular weight is 328 g/mol. The van der Waals surface area contributed by atoms with Crippen molar-refractivity contribution in [2.75, 3.05) is 38.7 Å². The Morgan fingerprint density at radius 3 is 2.04 bits per heavy atom. The van der Waals surface area contributed by atoms with Crippen molar-refractivity contribution in [2.45, 2.75) is 6.42 Å². The van der Waals surface area contributed by atoms with E-state index in [9.17, 15) is 4.79 Å². The van der Waals surface area contributed by atoms with Crippen molar-refractivity contribution in [1.29, 1.82) is 0 Å². The molecule has 0 radical (unpaired) electrons. The van der Waals surface area contributed by atoms with E-state index in [1.165, 1.54) is 4.90 Å². The molecule has 128 valence electrons. The van der Waals surface area contributed by atoms with Crippen LogP contribution in [0.1, 0.15) is 6.42 Å². The monoisotopic (exact) mass is 328 g/mol. The zero-order chi connectivity index (χ0) is 17.2. The third-order valence-electron chi connectivity index (χ3n) is 3.68. The van der Waals surface area contributed by atoms with Gasteiger partial charge in [0.05, 0.1) is 38.6 Å². The van der Waals surface area contributed by atoms with Crippen LogP contribution < -0.4 is 20.7 Å². The minimum absolute atomic E-state index is 0.0000869. The number of nitrogens with two attached hydrogens (primary N) is 1. The Labute approximate surface area is 144 Å². The third-order valence-corrected chi connectivity index (χ3v) is 3.68. The number of benzene rings is 2. The summed E-state index contributed by atoms with van der Waals surface area (Å²) in [5, 5.41) is 3.90. The molecule has 0 spiro atoms. The fraction of sp³-hybridized carbons (Fsp3) is 0.316. The number of para-hydroxylation sites is 2. The summed E-state index contributed by atoms with van der Waals surface area (Å²) >= 11 is 0. The number of nitrogens with one attached hydrogen (secondary N) is 2. The van der Waals surface area contributed by atoms with Crippen LogP contribution in [-0.4, -0.2) is 39.6 Å². The van der Waals surface area contributed by atoms with Crippen molar-refractivity contribution in [1.82, 2.24) is 5.43 Å². The van der Waals surface area contributed by atoms with Gasteiger partial charge in [0, 0.05) is 6.42 Å². The van der Waals surface area contributed by atoms with Crippen LogP contribution >= 0.6 is 0 Å². The van der Waals surface area contributed by atoms with Crippen molar-refractivity contribution < 1.29 is 15.0 Å². The normalized spacial score (nSPS) is 10.6. The number of hydrogen-bond donors (Lipinski definition) is 3. The van der Waals surface area contributed by atoms with Gasteiger partial charge in [-0.05, 0) is 24.3 Å². The van der Waals surface area contributed by atoms with Gasteiger partial charge in [0.2, 0.25) is 0 Å². The van der Waals surface area contributed by atoms with E-state index in [1.54, 1.807) is 0 Å². The number of rotatable bonds is 9. The molecule has 0 aliphatic carbocycles. The van der Waals surface area contributed by atoms with Gasteiger partial charge in [0.1, 0.15) is 0 Å². The van der Waals surface area contributed by atoms with E-state index in [2.05, 4.69) is 24.8 Å². The molecule has 0 aliphatic heterocycles. The summed E-state index contributed by atoms with van der Waals surface area (Å²) in [5.74, 6) is -0.0000869. The van der Waals surface area contributed by atoms with Gasteiger partial charge in [-0.3, -0.25) is 15.2 Å². The van der Waals surface area contributed by atoms with Crippen LogP contribution in [0.5, 0.6) is 0 Å². The predicted octanol–water partition coefficient (Wildman–Crippen LogP) is -0.0461. The summed E-state index contributed by atoms with van der Waals surface area (Å²) in [7, 11) is 4.29. The fourth-order valence-corrected chi connectivity index (χ4v) is 2.44. The van der Waals surface area contributed by atoms with Crippen LogP contribution in [0.15, 0.2) is 60.7 Å². The van der Waals surface area contributed by atoms with E-state index < -0.39 is 0 Å². The second kappa shape index (κ2) is 9.70.